The van der Waals surface area contributed by atoms with Crippen molar-refractivity contribution in [2.75, 3.05) is 13.7 Å². The summed E-state index contributed by atoms with van der Waals surface area (Å²) in [6.07, 6.45) is 4.97. The molecule has 4 heteroatoms. The number of carbonyl (C=O) groups is 1. The molecule has 0 unspecified atom stereocenters. The second-order valence-corrected chi connectivity index (χ2v) is 11.9. The first-order chi connectivity index (χ1) is 12.9. The number of hydrogen-bond acceptors (Lipinski definition) is 3. The van der Waals surface area contributed by atoms with Gasteiger partial charge in [-0.25, -0.2) is 4.79 Å². The summed E-state index contributed by atoms with van der Waals surface area (Å²) in [6, 6.07) is 21.2. The van der Waals surface area contributed by atoms with Crippen LogP contribution in [0, 0.1) is 0 Å². The average Bonchev–Trinajstić information content (AvgIpc) is 2.67. The minimum atomic E-state index is -2.45. The molecule has 27 heavy (non-hydrogen) atoms. The fraction of sp³-hybridized carbons (Fsp3) is 0.348. The van der Waals surface area contributed by atoms with E-state index in [0.717, 1.165) is 12.8 Å². The summed E-state index contributed by atoms with van der Waals surface area (Å²) in [5.74, 6) is -0.317. The van der Waals surface area contributed by atoms with Gasteiger partial charge in [0.2, 0.25) is 0 Å². The summed E-state index contributed by atoms with van der Waals surface area (Å²) in [5.41, 5.74) is 0. The van der Waals surface area contributed by atoms with E-state index in [4.69, 9.17) is 4.43 Å². The monoisotopic (exact) mass is 382 g/mol. The molecule has 0 amide bonds. The SMILES string of the molecule is COC(=O)/C=C/CCCO[Si](c1ccccc1)(c1ccccc1)C(C)(C)C. The van der Waals surface area contributed by atoms with Gasteiger partial charge in [-0.3, -0.25) is 0 Å². The van der Waals surface area contributed by atoms with Crippen LogP contribution in [-0.2, 0) is 14.0 Å². The number of esters is 1. The molecule has 0 spiro atoms. The Morgan fingerprint density at radius 3 is 1.93 bits per heavy atom. The topological polar surface area (TPSA) is 35.5 Å². The van der Waals surface area contributed by atoms with Crippen LogP contribution < -0.4 is 10.4 Å². The second-order valence-electron chi connectivity index (χ2n) is 7.58. The zero-order valence-electron chi connectivity index (χ0n) is 16.8. The predicted octanol–water partition coefficient (Wildman–Crippen LogP) is 4.07. The fourth-order valence-corrected chi connectivity index (χ4v) is 8.04. The molecule has 0 aliphatic carbocycles. The van der Waals surface area contributed by atoms with Gasteiger partial charge in [-0.05, 0) is 28.3 Å². The van der Waals surface area contributed by atoms with Crippen LogP contribution in [0.1, 0.15) is 33.6 Å². The molecule has 3 nitrogen and oxygen atoms in total. The normalized spacial score (nSPS) is 12.3. The van der Waals surface area contributed by atoms with Gasteiger partial charge < -0.3 is 9.16 Å². The van der Waals surface area contributed by atoms with Gasteiger partial charge in [0.05, 0.1) is 7.11 Å². The van der Waals surface area contributed by atoms with Crippen LogP contribution in [0.3, 0.4) is 0 Å². The van der Waals surface area contributed by atoms with Gasteiger partial charge in [0.25, 0.3) is 8.32 Å². The minimum absolute atomic E-state index is 0.0163. The zero-order valence-corrected chi connectivity index (χ0v) is 17.8. The average molecular weight is 383 g/mol. The highest BCUT2D eigenvalue weighted by atomic mass is 28.4. The van der Waals surface area contributed by atoms with Crippen LogP contribution >= 0.6 is 0 Å². The van der Waals surface area contributed by atoms with E-state index >= 15 is 0 Å². The second kappa shape index (κ2) is 9.67. The highest BCUT2D eigenvalue weighted by molar-refractivity contribution is 6.99. The number of hydrogen-bond donors (Lipinski definition) is 0. The molecular weight excluding hydrogens is 352 g/mol. The third kappa shape index (κ3) is 5.18. The van der Waals surface area contributed by atoms with Crippen LogP contribution in [0.15, 0.2) is 72.8 Å². The van der Waals surface area contributed by atoms with Crippen LogP contribution in [-0.4, -0.2) is 28.0 Å². The molecule has 0 fully saturated rings. The molecule has 0 aromatic heterocycles. The van der Waals surface area contributed by atoms with Crippen LogP contribution in [0.4, 0.5) is 0 Å². The molecule has 0 heterocycles. The Kier molecular flexibility index (Phi) is 7.57. The van der Waals surface area contributed by atoms with Crippen molar-refractivity contribution >= 4 is 24.7 Å². The Morgan fingerprint density at radius 1 is 0.963 bits per heavy atom. The van der Waals surface area contributed by atoms with Gasteiger partial charge in [0.15, 0.2) is 0 Å². The maximum Gasteiger partial charge on any atom is 0.330 e. The van der Waals surface area contributed by atoms with Gasteiger partial charge in [-0.1, -0.05) is 87.5 Å². The lowest BCUT2D eigenvalue weighted by atomic mass is 10.2. The molecule has 144 valence electrons. The van der Waals surface area contributed by atoms with Crippen molar-refractivity contribution in [3.8, 4) is 0 Å². The van der Waals surface area contributed by atoms with E-state index in [-0.39, 0.29) is 11.0 Å². The van der Waals surface area contributed by atoms with Crippen molar-refractivity contribution < 1.29 is 14.0 Å². The first-order valence-corrected chi connectivity index (χ1v) is 11.3. The molecule has 0 aliphatic heterocycles. The van der Waals surface area contributed by atoms with Gasteiger partial charge in [0, 0.05) is 12.7 Å². The molecule has 0 N–H and O–H groups in total. The summed E-state index contributed by atoms with van der Waals surface area (Å²) in [4.78, 5) is 11.2. The molecule has 0 aliphatic rings. The van der Waals surface area contributed by atoms with Gasteiger partial charge in [-0.15, -0.1) is 0 Å². The van der Waals surface area contributed by atoms with Gasteiger partial charge >= 0.3 is 5.97 Å². The number of allylic oxidation sites excluding steroid dienone is 1. The van der Waals surface area contributed by atoms with Crippen LogP contribution in [0.2, 0.25) is 5.04 Å². The molecule has 0 radical (unpaired) electrons. The van der Waals surface area contributed by atoms with E-state index in [0.29, 0.717) is 6.61 Å². The van der Waals surface area contributed by atoms with Crippen molar-refractivity contribution in [2.45, 2.75) is 38.7 Å². The van der Waals surface area contributed by atoms with Crippen LogP contribution in [0.5, 0.6) is 0 Å². The summed E-state index contributed by atoms with van der Waals surface area (Å²) in [7, 11) is -1.07. The first kappa shape index (κ1) is 21.1. The smallest absolute Gasteiger partial charge is 0.330 e. The molecular formula is C23H30O3Si. The lowest BCUT2D eigenvalue weighted by Crippen LogP contribution is -2.66. The number of methoxy groups -OCH3 is 1. The molecule has 2 aromatic carbocycles. The van der Waals surface area contributed by atoms with E-state index in [1.807, 2.05) is 18.2 Å². The molecule has 0 bridgehead atoms. The van der Waals surface area contributed by atoms with Crippen molar-refractivity contribution in [2.24, 2.45) is 0 Å². The number of rotatable bonds is 8. The van der Waals surface area contributed by atoms with Gasteiger partial charge in [-0.2, -0.15) is 0 Å². The largest absolute Gasteiger partial charge is 0.466 e. The zero-order chi connectivity index (χ0) is 19.8. The lowest BCUT2D eigenvalue weighted by Gasteiger charge is -2.43. The van der Waals surface area contributed by atoms with Gasteiger partial charge in [0.1, 0.15) is 0 Å². The molecule has 0 atom stereocenters. The van der Waals surface area contributed by atoms with E-state index in [1.54, 1.807) is 0 Å². The van der Waals surface area contributed by atoms with Crippen molar-refractivity contribution in [3.63, 3.8) is 0 Å². The highest BCUT2D eigenvalue weighted by Crippen LogP contribution is 2.36. The van der Waals surface area contributed by atoms with Crippen molar-refractivity contribution in [1.29, 1.82) is 0 Å². The third-order valence-corrected chi connectivity index (χ3v) is 9.75. The number of benzene rings is 2. The number of unbranched alkanes of at least 4 members (excludes halogenated alkanes) is 1. The molecule has 0 saturated heterocycles. The summed E-state index contributed by atoms with van der Waals surface area (Å²) >= 11 is 0. The maximum absolute atomic E-state index is 11.2. The summed E-state index contributed by atoms with van der Waals surface area (Å²) in [5, 5.41) is 2.56. The van der Waals surface area contributed by atoms with Crippen molar-refractivity contribution in [1.82, 2.24) is 0 Å². The Labute approximate surface area is 164 Å². The van der Waals surface area contributed by atoms with E-state index in [2.05, 4.69) is 74.0 Å². The molecule has 2 aromatic rings. The van der Waals surface area contributed by atoms with Crippen molar-refractivity contribution in [3.05, 3.63) is 72.8 Å². The predicted molar refractivity (Wildman–Crippen MR) is 114 cm³/mol. The first-order valence-electron chi connectivity index (χ1n) is 9.41. The number of carbonyl (C=O) groups excluding carboxylic acids is 1. The third-order valence-electron chi connectivity index (χ3n) is 4.71. The van der Waals surface area contributed by atoms with E-state index < -0.39 is 8.32 Å². The standard InChI is InChI=1S/C23H30O3Si/c1-23(2,3)27(20-14-8-5-9-15-20,21-16-10-6-11-17-21)26-19-13-7-12-18-22(24)25-4/h5-6,8-12,14-18H,7,13,19H2,1-4H3/b18-12+. The van der Waals surface area contributed by atoms with E-state index in [9.17, 15) is 4.79 Å². The quantitative estimate of drug-likeness (QED) is 0.299. The highest BCUT2D eigenvalue weighted by Gasteiger charge is 2.49. The van der Waals surface area contributed by atoms with Crippen LogP contribution in [0.25, 0.3) is 0 Å². The Morgan fingerprint density at radius 2 is 1.48 bits per heavy atom. The number of ether oxygens (including phenoxy) is 1. The van der Waals surface area contributed by atoms with E-state index in [1.165, 1.54) is 23.6 Å². The minimum Gasteiger partial charge on any atom is -0.466 e. The summed E-state index contributed by atoms with van der Waals surface area (Å²) < 4.78 is 11.4. The lowest BCUT2D eigenvalue weighted by molar-refractivity contribution is -0.134. The Balaban J connectivity index is 2.27. The Bertz CT molecular complexity index is 694. The molecule has 0 saturated carbocycles. The summed E-state index contributed by atoms with van der Waals surface area (Å²) in [6.45, 7) is 7.47. The molecule has 2 rings (SSSR count). The maximum atomic E-state index is 11.2. The fourth-order valence-electron chi connectivity index (χ4n) is 3.44. The Hall–Kier alpha value is -2.17.